The monoisotopic (exact) mass is 246 g/mol. The van der Waals surface area contributed by atoms with Gasteiger partial charge < -0.3 is 20.3 Å². The standard InChI is InChI=1S/C12H26N2O3/c1-3-12(2,16)10-13-8-11(15)9-14-4-6-17-7-5-14/h11,13,15-16H,3-10H2,1-2H3. The Morgan fingerprint density at radius 3 is 2.65 bits per heavy atom. The molecule has 0 aromatic carbocycles. The number of nitrogens with one attached hydrogen (secondary N) is 1. The summed E-state index contributed by atoms with van der Waals surface area (Å²) in [6.45, 7) is 8.75. The van der Waals surface area contributed by atoms with Crippen molar-refractivity contribution in [1.82, 2.24) is 10.2 Å². The zero-order valence-electron chi connectivity index (χ0n) is 11.0. The summed E-state index contributed by atoms with van der Waals surface area (Å²) >= 11 is 0. The normalized spacial score (nSPS) is 23.3. The summed E-state index contributed by atoms with van der Waals surface area (Å²) in [4.78, 5) is 2.20. The van der Waals surface area contributed by atoms with E-state index in [-0.39, 0.29) is 6.10 Å². The van der Waals surface area contributed by atoms with Crippen LogP contribution >= 0.6 is 0 Å². The number of morpholine rings is 1. The van der Waals surface area contributed by atoms with Crippen LogP contribution in [0.3, 0.4) is 0 Å². The van der Waals surface area contributed by atoms with Gasteiger partial charge in [-0.1, -0.05) is 6.92 Å². The molecule has 1 aliphatic rings. The highest BCUT2D eigenvalue weighted by atomic mass is 16.5. The molecule has 5 heteroatoms. The molecule has 0 aromatic heterocycles. The Kier molecular flexibility index (Phi) is 6.37. The molecular formula is C12H26N2O3. The zero-order valence-corrected chi connectivity index (χ0v) is 11.0. The van der Waals surface area contributed by atoms with E-state index in [0.717, 1.165) is 26.3 Å². The lowest BCUT2D eigenvalue weighted by molar-refractivity contribution is 0.0122. The molecule has 0 bridgehead atoms. The Morgan fingerprint density at radius 2 is 2.06 bits per heavy atom. The average molecular weight is 246 g/mol. The molecule has 102 valence electrons. The van der Waals surface area contributed by atoms with Crippen molar-refractivity contribution in [2.75, 3.05) is 45.9 Å². The van der Waals surface area contributed by atoms with Crippen LogP contribution in [0.1, 0.15) is 20.3 Å². The molecule has 0 aliphatic carbocycles. The second-order valence-electron chi connectivity index (χ2n) is 5.05. The number of hydrogen-bond acceptors (Lipinski definition) is 5. The van der Waals surface area contributed by atoms with Crippen molar-refractivity contribution < 1.29 is 14.9 Å². The van der Waals surface area contributed by atoms with E-state index in [1.165, 1.54) is 0 Å². The van der Waals surface area contributed by atoms with Gasteiger partial charge in [-0.3, -0.25) is 4.90 Å². The van der Waals surface area contributed by atoms with E-state index in [1.54, 1.807) is 6.92 Å². The van der Waals surface area contributed by atoms with Gasteiger partial charge in [0.15, 0.2) is 0 Å². The Bertz CT molecular complexity index is 206. The predicted molar refractivity (Wildman–Crippen MR) is 67.1 cm³/mol. The molecule has 3 N–H and O–H groups in total. The number of ether oxygens (including phenoxy) is 1. The molecule has 1 saturated heterocycles. The maximum absolute atomic E-state index is 9.84. The topological polar surface area (TPSA) is 65.0 Å². The van der Waals surface area contributed by atoms with Gasteiger partial charge in [0.1, 0.15) is 0 Å². The molecule has 17 heavy (non-hydrogen) atoms. The van der Waals surface area contributed by atoms with Crippen LogP contribution in [0, 0.1) is 0 Å². The molecule has 1 heterocycles. The molecule has 1 aliphatic heterocycles. The number of hydrogen-bond donors (Lipinski definition) is 3. The Hall–Kier alpha value is -0.200. The Morgan fingerprint density at radius 1 is 1.41 bits per heavy atom. The van der Waals surface area contributed by atoms with Gasteiger partial charge in [0.2, 0.25) is 0 Å². The van der Waals surface area contributed by atoms with Gasteiger partial charge in [-0.2, -0.15) is 0 Å². The smallest absolute Gasteiger partial charge is 0.0791 e. The predicted octanol–water partition coefficient (Wildman–Crippen LogP) is -0.570. The molecule has 5 nitrogen and oxygen atoms in total. The Balaban J connectivity index is 2.10. The van der Waals surface area contributed by atoms with Gasteiger partial charge in [-0.05, 0) is 13.3 Å². The van der Waals surface area contributed by atoms with Gasteiger partial charge in [0.05, 0.1) is 24.9 Å². The molecule has 0 aromatic rings. The molecular weight excluding hydrogens is 220 g/mol. The van der Waals surface area contributed by atoms with Gasteiger partial charge in [-0.25, -0.2) is 0 Å². The molecule has 0 amide bonds. The zero-order chi connectivity index (χ0) is 12.7. The van der Waals surface area contributed by atoms with Crippen LogP contribution in [-0.2, 0) is 4.74 Å². The van der Waals surface area contributed by atoms with Crippen LogP contribution in [-0.4, -0.2) is 72.8 Å². The summed E-state index contributed by atoms with van der Waals surface area (Å²) in [5.41, 5.74) is -0.682. The third-order valence-corrected chi connectivity index (χ3v) is 3.22. The lowest BCUT2D eigenvalue weighted by Crippen LogP contribution is -2.46. The minimum absolute atomic E-state index is 0.388. The third-order valence-electron chi connectivity index (χ3n) is 3.22. The highest BCUT2D eigenvalue weighted by molar-refractivity contribution is 4.75. The SMILES string of the molecule is CCC(C)(O)CNCC(O)CN1CCOCC1. The minimum atomic E-state index is -0.682. The number of aliphatic hydroxyl groups is 2. The van der Waals surface area contributed by atoms with Crippen molar-refractivity contribution in [2.24, 2.45) is 0 Å². The average Bonchev–Trinajstić information content (AvgIpc) is 2.30. The van der Waals surface area contributed by atoms with Crippen molar-refractivity contribution >= 4 is 0 Å². The van der Waals surface area contributed by atoms with E-state index < -0.39 is 5.60 Å². The van der Waals surface area contributed by atoms with Gasteiger partial charge in [0, 0.05) is 32.7 Å². The fourth-order valence-corrected chi connectivity index (χ4v) is 1.78. The molecule has 0 saturated carbocycles. The first-order valence-corrected chi connectivity index (χ1v) is 6.45. The number of nitrogens with zero attached hydrogens (tertiary/aromatic N) is 1. The summed E-state index contributed by atoms with van der Waals surface area (Å²) in [7, 11) is 0. The lowest BCUT2D eigenvalue weighted by Gasteiger charge is -2.29. The van der Waals surface area contributed by atoms with Crippen LogP contribution in [0.25, 0.3) is 0 Å². The highest BCUT2D eigenvalue weighted by Crippen LogP contribution is 2.05. The molecule has 0 radical (unpaired) electrons. The molecule has 1 rings (SSSR count). The molecule has 0 spiro atoms. The molecule has 2 atom stereocenters. The summed E-state index contributed by atoms with van der Waals surface area (Å²) < 4.78 is 5.25. The fraction of sp³-hybridized carbons (Fsp3) is 1.00. The van der Waals surface area contributed by atoms with E-state index in [0.29, 0.717) is 26.1 Å². The quantitative estimate of drug-likeness (QED) is 0.561. The van der Waals surface area contributed by atoms with E-state index in [2.05, 4.69) is 10.2 Å². The van der Waals surface area contributed by atoms with Gasteiger partial charge in [-0.15, -0.1) is 0 Å². The van der Waals surface area contributed by atoms with Gasteiger partial charge >= 0.3 is 0 Å². The van der Waals surface area contributed by atoms with E-state index in [9.17, 15) is 10.2 Å². The van der Waals surface area contributed by atoms with Crippen LogP contribution < -0.4 is 5.32 Å². The van der Waals surface area contributed by atoms with Crippen LogP contribution in [0.4, 0.5) is 0 Å². The summed E-state index contributed by atoms with van der Waals surface area (Å²) in [6.07, 6.45) is 0.320. The summed E-state index contributed by atoms with van der Waals surface area (Å²) in [5, 5.41) is 22.7. The van der Waals surface area contributed by atoms with Crippen molar-refractivity contribution in [3.05, 3.63) is 0 Å². The van der Waals surface area contributed by atoms with Crippen LogP contribution in [0.15, 0.2) is 0 Å². The van der Waals surface area contributed by atoms with Crippen LogP contribution in [0.5, 0.6) is 0 Å². The second kappa shape index (κ2) is 7.28. The first-order valence-electron chi connectivity index (χ1n) is 6.45. The van der Waals surface area contributed by atoms with Crippen LogP contribution in [0.2, 0.25) is 0 Å². The van der Waals surface area contributed by atoms with Crippen molar-refractivity contribution in [1.29, 1.82) is 0 Å². The summed E-state index contributed by atoms with van der Waals surface area (Å²) in [6, 6.07) is 0. The maximum Gasteiger partial charge on any atom is 0.0791 e. The number of aliphatic hydroxyl groups excluding tert-OH is 1. The molecule has 2 unspecified atom stereocenters. The lowest BCUT2D eigenvalue weighted by atomic mass is 10.0. The van der Waals surface area contributed by atoms with E-state index in [1.807, 2.05) is 6.92 Å². The third kappa shape index (κ3) is 6.33. The van der Waals surface area contributed by atoms with Gasteiger partial charge in [0.25, 0.3) is 0 Å². The van der Waals surface area contributed by atoms with Crippen molar-refractivity contribution in [3.63, 3.8) is 0 Å². The minimum Gasteiger partial charge on any atom is -0.390 e. The Labute approximate surface area is 104 Å². The number of rotatable bonds is 7. The highest BCUT2D eigenvalue weighted by Gasteiger charge is 2.18. The van der Waals surface area contributed by atoms with Crippen molar-refractivity contribution in [2.45, 2.75) is 32.0 Å². The maximum atomic E-state index is 9.84. The van der Waals surface area contributed by atoms with Crippen molar-refractivity contribution in [3.8, 4) is 0 Å². The largest absolute Gasteiger partial charge is 0.390 e. The first kappa shape index (κ1) is 14.9. The summed E-state index contributed by atoms with van der Waals surface area (Å²) in [5.74, 6) is 0. The first-order chi connectivity index (χ1) is 8.03. The fourth-order valence-electron chi connectivity index (χ4n) is 1.78. The van der Waals surface area contributed by atoms with E-state index >= 15 is 0 Å². The molecule has 1 fully saturated rings. The number of β-amino-alcohol motifs (C(OH)–C–C–N with tert-alkyl or cyclic N) is 1. The van der Waals surface area contributed by atoms with E-state index in [4.69, 9.17) is 4.74 Å². The second-order valence-corrected chi connectivity index (χ2v) is 5.05.